The summed E-state index contributed by atoms with van der Waals surface area (Å²) in [7, 11) is -0.887. The third-order valence-corrected chi connectivity index (χ3v) is 6.23. The van der Waals surface area contributed by atoms with Crippen molar-refractivity contribution < 1.29 is 17.9 Å². The van der Waals surface area contributed by atoms with E-state index in [0.29, 0.717) is 11.4 Å². The molecule has 27 heavy (non-hydrogen) atoms. The van der Waals surface area contributed by atoms with E-state index in [4.69, 9.17) is 9.47 Å². The first-order valence-electron chi connectivity index (χ1n) is 9.05. The van der Waals surface area contributed by atoms with Crippen LogP contribution in [0.15, 0.2) is 41.3 Å². The number of nitrogens with one attached hydrogen (secondary N) is 1. The smallest absolute Gasteiger partial charge is 0.265 e. The number of piperidine rings is 1. The molecule has 3 rings (SSSR count). The number of sulfonamides is 1. The minimum atomic E-state index is -3.83. The minimum Gasteiger partial charge on any atom is -0.497 e. The van der Waals surface area contributed by atoms with Crippen LogP contribution in [0.4, 0.5) is 11.4 Å². The molecule has 146 valence electrons. The van der Waals surface area contributed by atoms with E-state index in [1.54, 1.807) is 12.1 Å². The van der Waals surface area contributed by atoms with Crippen molar-refractivity contribution in [1.29, 1.82) is 0 Å². The summed E-state index contributed by atoms with van der Waals surface area (Å²) in [4.78, 5) is 2.35. The van der Waals surface area contributed by atoms with E-state index in [-0.39, 0.29) is 10.6 Å². The van der Waals surface area contributed by atoms with Gasteiger partial charge in [0, 0.05) is 24.8 Å². The molecule has 7 heteroatoms. The van der Waals surface area contributed by atoms with E-state index < -0.39 is 10.0 Å². The molecule has 1 N–H and O–H groups in total. The number of rotatable bonds is 6. The van der Waals surface area contributed by atoms with Gasteiger partial charge in [0.2, 0.25) is 0 Å². The van der Waals surface area contributed by atoms with Crippen LogP contribution in [0, 0.1) is 6.92 Å². The van der Waals surface area contributed by atoms with Gasteiger partial charge in [0.1, 0.15) is 16.4 Å². The predicted molar refractivity (Wildman–Crippen MR) is 108 cm³/mol. The molecule has 0 aliphatic carbocycles. The van der Waals surface area contributed by atoms with Crippen LogP contribution in [0.25, 0.3) is 0 Å². The van der Waals surface area contributed by atoms with E-state index in [1.807, 2.05) is 25.1 Å². The number of anilines is 2. The van der Waals surface area contributed by atoms with Crippen LogP contribution in [-0.2, 0) is 10.0 Å². The lowest BCUT2D eigenvalue weighted by molar-refractivity contribution is 0.392. The van der Waals surface area contributed by atoms with Gasteiger partial charge in [-0.2, -0.15) is 0 Å². The first kappa shape index (κ1) is 19.4. The average molecular weight is 391 g/mol. The van der Waals surface area contributed by atoms with Crippen molar-refractivity contribution in [2.45, 2.75) is 31.1 Å². The van der Waals surface area contributed by atoms with E-state index in [1.165, 1.54) is 26.7 Å². The number of hydrogen-bond donors (Lipinski definition) is 1. The number of ether oxygens (including phenoxy) is 2. The van der Waals surface area contributed by atoms with Gasteiger partial charge < -0.3 is 14.4 Å². The zero-order chi connectivity index (χ0) is 19.4. The maximum atomic E-state index is 13.0. The molecule has 0 atom stereocenters. The molecule has 0 aromatic heterocycles. The Labute approximate surface area is 161 Å². The summed E-state index contributed by atoms with van der Waals surface area (Å²) in [5.74, 6) is 0.725. The number of benzene rings is 2. The Balaban J connectivity index is 1.94. The lowest BCUT2D eigenvalue weighted by atomic mass is 10.1. The number of hydrogen-bond acceptors (Lipinski definition) is 5. The second kappa shape index (κ2) is 8.08. The fraction of sp³-hybridized carbons (Fsp3) is 0.400. The van der Waals surface area contributed by atoms with E-state index in [0.717, 1.165) is 37.2 Å². The highest BCUT2D eigenvalue weighted by molar-refractivity contribution is 7.92. The Bertz CT molecular complexity index is 906. The maximum Gasteiger partial charge on any atom is 0.265 e. The van der Waals surface area contributed by atoms with Gasteiger partial charge in [0.05, 0.1) is 19.9 Å². The third kappa shape index (κ3) is 4.30. The lowest BCUT2D eigenvalue weighted by Gasteiger charge is -2.29. The fourth-order valence-electron chi connectivity index (χ4n) is 3.26. The summed E-state index contributed by atoms with van der Waals surface area (Å²) in [6, 6.07) is 10.6. The molecule has 1 aliphatic rings. The van der Waals surface area contributed by atoms with Crippen molar-refractivity contribution in [2.24, 2.45) is 0 Å². The summed E-state index contributed by atoms with van der Waals surface area (Å²) < 4.78 is 39.2. The fourth-order valence-corrected chi connectivity index (χ4v) is 4.57. The summed E-state index contributed by atoms with van der Waals surface area (Å²) in [5.41, 5.74) is 2.47. The second-order valence-electron chi connectivity index (χ2n) is 6.67. The third-order valence-electron chi connectivity index (χ3n) is 4.85. The molecule has 0 spiro atoms. The van der Waals surface area contributed by atoms with Crippen LogP contribution in [0.5, 0.6) is 11.5 Å². The maximum absolute atomic E-state index is 13.0. The van der Waals surface area contributed by atoms with E-state index >= 15 is 0 Å². The molecule has 0 amide bonds. The van der Waals surface area contributed by atoms with Gasteiger partial charge in [0.25, 0.3) is 10.0 Å². The standard InChI is InChI=1S/C20H26N2O4S/c1-15-7-8-16(22-11-5-4-6-12-22)13-18(15)21-27(23,24)20-14-17(25-2)9-10-19(20)26-3/h7-10,13-14,21H,4-6,11-12H2,1-3H3. The number of nitrogens with zero attached hydrogens (tertiary/aromatic N) is 1. The van der Waals surface area contributed by atoms with Gasteiger partial charge in [-0.25, -0.2) is 8.42 Å². The summed E-state index contributed by atoms with van der Waals surface area (Å²) in [6.07, 6.45) is 3.57. The van der Waals surface area contributed by atoms with Crippen LogP contribution >= 0.6 is 0 Å². The van der Waals surface area contributed by atoms with Crippen molar-refractivity contribution >= 4 is 21.4 Å². The highest BCUT2D eigenvalue weighted by Gasteiger charge is 2.22. The highest BCUT2D eigenvalue weighted by Crippen LogP contribution is 2.32. The Morgan fingerprint density at radius 2 is 1.70 bits per heavy atom. The second-order valence-corrected chi connectivity index (χ2v) is 8.32. The predicted octanol–water partition coefficient (Wildman–Crippen LogP) is 3.80. The van der Waals surface area contributed by atoms with Crippen molar-refractivity contribution in [3.8, 4) is 11.5 Å². The van der Waals surface area contributed by atoms with E-state index in [2.05, 4.69) is 9.62 Å². The molecular weight excluding hydrogens is 364 g/mol. The molecule has 0 bridgehead atoms. The Morgan fingerprint density at radius 3 is 2.37 bits per heavy atom. The van der Waals surface area contributed by atoms with Gasteiger partial charge in [0.15, 0.2) is 0 Å². The van der Waals surface area contributed by atoms with Crippen molar-refractivity contribution in [3.63, 3.8) is 0 Å². The van der Waals surface area contributed by atoms with Gasteiger partial charge in [-0.1, -0.05) is 6.07 Å². The van der Waals surface area contributed by atoms with Crippen LogP contribution in [0.1, 0.15) is 24.8 Å². The van der Waals surface area contributed by atoms with Crippen LogP contribution in [0.3, 0.4) is 0 Å². The molecule has 6 nitrogen and oxygen atoms in total. The monoisotopic (exact) mass is 390 g/mol. The van der Waals surface area contributed by atoms with Crippen LogP contribution in [0.2, 0.25) is 0 Å². The Kier molecular flexibility index (Phi) is 5.79. The topological polar surface area (TPSA) is 67.9 Å². The minimum absolute atomic E-state index is 0.0483. The zero-order valence-electron chi connectivity index (χ0n) is 16.0. The average Bonchev–Trinajstić information content (AvgIpc) is 2.69. The molecule has 2 aromatic rings. The van der Waals surface area contributed by atoms with Crippen LogP contribution < -0.4 is 19.1 Å². The highest BCUT2D eigenvalue weighted by atomic mass is 32.2. The number of methoxy groups -OCH3 is 2. The molecule has 0 saturated carbocycles. The summed E-state index contributed by atoms with van der Waals surface area (Å²) >= 11 is 0. The molecule has 0 unspecified atom stereocenters. The molecule has 2 aromatic carbocycles. The van der Waals surface area contributed by atoms with Gasteiger partial charge in [-0.3, -0.25) is 4.72 Å². The molecule has 1 aliphatic heterocycles. The quantitative estimate of drug-likeness (QED) is 0.812. The first-order valence-corrected chi connectivity index (χ1v) is 10.5. The molecular formula is C20H26N2O4S. The SMILES string of the molecule is COc1ccc(OC)c(S(=O)(=O)Nc2cc(N3CCCCC3)ccc2C)c1. The molecule has 0 radical (unpaired) electrons. The van der Waals surface area contributed by atoms with Gasteiger partial charge in [-0.15, -0.1) is 0 Å². The molecule has 1 saturated heterocycles. The zero-order valence-corrected chi connectivity index (χ0v) is 16.8. The van der Waals surface area contributed by atoms with Crippen LogP contribution in [-0.4, -0.2) is 35.7 Å². The lowest BCUT2D eigenvalue weighted by Crippen LogP contribution is -2.29. The Hall–Kier alpha value is -2.41. The molecule has 1 heterocycles. The molecule has 1 fully saturated rings. The summed E-state index contributed by atoms with van der Waals surface area (Å²) in [6.45, 7) is 3.89. The van der Waals surface area contributed by atoms with E-state index in [9.17, 15) is 8.42 Å². The summed E-state index contributed by atoms with van der Waals surface area (Å²) in [5, 5.41) is 0. The van der Waals surface area contributed by atoms with Crippen molar-refractivity contribution in [3.05, 3.63) is 42.0 Å². The normalized spacial score (nSPS) is 14.7. The Morgan fingerprint density at radius 1 is 0.963 bits per heavy atom. The van der Waals surface area contributed by atoms with Gasteiger partial charge in [-0.05, 0) is 56.0 Å². The first-order chi connectivity index (χ1) is 12.9. The number of aryl methyl sites for hydroxylation is 1. The largest absolute Gasteiger partial charge is 0.497 e. The van der Waals surface area contributed by atoms with Crippen molar-refractivity contribution in [1.82, 2.24) is 0 Å². The van der Waals surface area contributed by atoms with Crippen molar-refractivity contribution in [2.75, 3.05) is 36.9 Å². The van der Waals surface area contributed by atoms with Gasteiger partial charge >= 0.3 is 0 Å².